The molecule has 2 aliphatic heterocycles. The van der Waals surface area contributed by atoms with Crippen LogP contribution in [0.15, 0.2) is 60.8 Å². The molecule has 0 unspecified atom stereocenters. The average molecular weight is 495 g/mol. The maximum absolute atomic E-state index is 13.6. The smallest absolute Gasteiger partial charge is 0.252 e. The number of hydrogen-bond acceptors (Lipinski definition) is 5. The Morgan fingerprint density at radius 2 is 1.92 bits per heavy atom. The maximum Gasteiger partial charge on any atom is 0.252 e. The second-order valence-electron chi connectivity index (χ2n) is 10.5. The number of likely N-dealkylation sites (N-methyl/N-ethyl adjacent to an activating group) is 1. The number of nitrogens with one attached hydrogen (secondary N) is 1. The molecular weight excluding hydrogens is 460 g/mol. The van der Waals surface area contributed by atoms with Crippen molar-refractivity contribution in [3.8, 4) is 11.4 Å². The lowest BCUT2D eigenvalue weighted by Crippen LogP contribution is -2.44. The van der Waals surface area contributed by atoms with Gasteiger partial charge in [0.2, 0.25) is 0 Å². The fourth-order valence-corrected chi connectivity index (χ4v) is 5.93. The predicted molar refractivity (Wildman–Crippen MR) is 148 cm³/mol. The zero-order valence-electron chi connectivity index (χ0n) is 22.0. The highest BCUT2D eigenvalue weighted by Gasteiger charge is 2.41. The second-order valence-corrected chi connectivity index (χ2v) is 10.5. The summed E-state index contributed by atoms with van der Waals surface area (Å²) >= 11 is 0. The van der Waals surface area contributed by atoms with Crippen molar-refractivity contribution < 1.29 is 4.79 Å². The molecule has 2 bridgehead atoms. The summed E-state index contributed by atoms with van der Waals surface area (Å²) in [6.45, 7) is 9.05. The summed E-state index contributed by atoms with van der Waals surface area (Å²) < 4.78 is 1.90. The van der Waals surface area contributed by atoms with E-state index < -0.39 is 0 Å². The van der Waals surface area contributed by atoms with Gasteiger partial charge in [0.1, 0.15) is 5.69 Å². The molecule has 4 aromatic rings. The van der Waals surface area contributed by atoms with Gasteiger partial charge in [-0.1, -0.05) is 24.3 Å². The second kappa shape index (κ2) is 9.30. The number of pyridine rings is 1. The highest BCUT2D eigenvalue weighted by Crippen LogP contribution is 2.35. The van der Waals surface area contributed by atoms with Gasteiger partial charge in [0, 0.05) is 54.6 Å². The maximum atomic E-state index is 13.6. The summed E-state index contributed by atoms with van der Waals surface area (Å²) in [7, 11) is 2.21. The van der Waals surface area contributed by atoms with Crippen molar-refractivity contribution in [3.63, 3.8) is 0 Å². The van der Waals surface area contributed by atoms with Gasteiger partial charge in [-0.05, 0) is 75.7 Å². The Bertz CT molecular complexity index is 1470. The minimum atomic E-state index is -0.202. The Morgan fingerprint density at radius 1 is 1.08 bits per heavy atom. The van der Waals surface area contributed by atoms with E-state index in [2.05, 4.69) is 64.5 Å². The first-order valence-corrected chi connectivity index (χ1v) is 13.2. The number of nitrogens with zero attached hydrogens (tertiary/aromatic N) is 5. The minimum absolute atomic E-state index is 0.0500. The van der Waals surface area contributed by atoms with Crippen LogP contribution in [0.4, 0.5) is 5.69 Å². The molecule has 7 heteroatoms. The molecule has 0 aliphatic carbocycles. The third-order valence-corrected chi connectivity index (χ3v) is 8.10. The monoisotopic (exact) mass is 494 g/mol. The molecule has 2 aliphatic rings. The summed E-state index contributed by atoms with van der Waals surface area (Å²) in [5.41, 5.74) is 6.45. The largest absolute Gasteiger partial charge is 0.366 e. The molecule has 37 heavy (non-hydrogen) atoms. The summed E-state index contributed by atoms with van der Waals surface area (Å²) in [6.07, 6.45) is 3.17. The van der Waals surface area contributed by atoms with Crippen molar-refractivity contribution in [2.45, 2.75) is 51.9 Å². The lowest BCUT2D eigenvalue weighted by atomic mass is 10.00. The molecule has 1 N–H and O–H groups in total. The lowest BCUT2D eigenvalue weighted by Gasteiger charge is -2.34. The predicted octanol–water partition coefficient (Wildman–Crippen LogP) is 4.81. The van der Waals surface area contributed by atoms with Crippen LogP contribution in [0.2, 0.25) is 0 Å². The van der Waals surface area contributed by atoms with Crippen LogP contribution in [0.25, 0.3) is 22.3 Å². The van der Waals surface area contributed by atoms with Crippen molar-refractivity contribution in [1.82, 2.24) is 25.0 Å². The van der Waals surface area contributed by atoms with Crippen LogP contribution < -0.4 is 10.2 Å². The molecule has 4 heterocycles. The van der Waals surface area contributed by atoms with Crippen LogP contribution in [0.1, 0.15) is 47.8 Å². The van der Waals surface area contributed by atoms with Crippen molar-refractivity contribution in [2.24, 2.45) is 0 Å². The van der Waals surface area contributed by atoms with Gasteiger partial charge in [-0.25, -0.2) is 4.98 Å². The molecule has 1 amide bonds. The van der Waals surface area contributed by atoms with Crippen LogP contribution in [-0.2, 0) is 6.54 Å². The van der Waals surface area contributed by atoms with Crippen molar-refractivity contribution in [2.75, 3.05) is 25.0 Å². The Hall–Kier alpha value is -3.71. The number of fused-ring (bicyclic) bond motifs is 3. The van der Waals surface area contributed by atoms with Gasteiger partial charge in [-0.2, -0.15) is 5.10 Å². The van der Waals surface area contributed by atoms with Crippen molar-refractivity contribution in [3.05, 3.63) is 77.5 Å². The van der Waals surface area contributed by atoms with Gasteiger partial charge >= 0.3 is 0 Å². The molecule has 2 saturated heterocycles. The van der Waals surface area contributed by atoms with Gasteiger partial charge in [-0.3, -0.25) is 14.4 Å². The third kappa shape index (κ3) is 4.27. The van der Waals surface area contributed by atoms with Gasteiger partial charge in [-0.15, -0.1) is 0 Å². The normalized spacial score (nSPS) is 20.1. The highest BCUT2D eigenvalue weighted by atomic mass is 16.1. The van der Waals surface area contributed by atoms with Gasteiger partial charge in [0.25, 0.3) is 5.91 Å². The van der Waals surface area contributed by atoms with E-state index in [0.717, 1.165) is 64.3 Å². The summed E-state index contributed by atoms with van der Waals surface area (Å²) in [6, 6.07) is 19.4. The average Bonchev–Trinajstić information content (AvgIpc) is 3.64. The minimum Gasteiger partial charge on any atom is -0.366 e. The van der Waals surface area contributed by atoms with Crippen LogP contribution >= 0.6 is 0 Å². The van der Waals surface area contributed by atoms with Crippen LogP contribution in [0.3, 0.4) is 0 Å². The van der Waals surface area contributed by atoms with Gasteiger partial charge < -0.3 is 10.2 Å². The molecule has 7 nitrogen and oxygen atoms in total. The molecule has 190 valence electrons. The van der Waals surface area contributed by atoms with E-state index in [9.17, 15) is 4.79 Å². The van der Waals surface area contributed by atoms with Crippen LogP contribution in [0.5, 0.6) is 0 Å². The number of aryl methyl sites for hydroxylation is 2. The number of aromatic nitrogens is 3. The molecule has 6 rings (SSSR count). The molecule has 2 aromatic carbocycles. The quantitative estimate of drug-likeness (QED) is 0.417. The number of amides is 1. The number of hydrogen-bond donors (Lipinski definition) is 1. The topological polar surface area (TPSA) is 66.3 Å². The first-order chi connectivity index (χ1) is 17.9. The van der Waals surface area contributed by atoms with E-state index in [1.54, 1.807) is 0 Å². The Balaban J connectivity index is 1.29. The SMILES string of the molecule is CCn1ccc(-c2cc([C@@H](C)NC(=O)c3cc(N4C[C@H]5C[C@@H]4CN5C)ccc3C)c3ccccc3n2)n1. The molecular formula is C30H34N6O. The molecule has 0 saturated carbocycles. The summed E-state index contributed by atoms with van der Waals surface area (Å²) in [4.78, 5) is 23.4. The first kappa shape index (κ1) is 23.7. The molecule has 2 aromatic heterocycles. The fraction of sp³-hybridized carbons (Fsp3) is 0.367. The van der Waals surface area contributed by atoms with E-state index >= 15 is 0 Å². The lowest BCUT2D eigenvalue weighted by molar-refractivity contribution is 0.0939. The van der Waals surface area contributed by atoms with Gasteiger partial charge in [0.05, 0.1) is 17.3 Å². The van der Waals surface area contributed by atoms with Crippen LogP contribution in [0, 0.1) is 6.92 Å². The van der Waals surface area contributed by atoms with Crippen molar-refractivity contribution >= 4 is 22.5 Å². The Labute approximate surface area is 218 Å². The van der Waals surface area contributed by atoms with Crippen molar-refractivity contribution in [1.29, 1.82) is 0 Å². The Kier molecular flexibility index (Phi) is 5.95. The summed E-state index contributed by atoms with van der Waals surface area (Å²) in [5.74, 6) is -0.0500. The van der Waals surface area contributed by atoms with E-state index in [1.165, 1.54) is 6.42 Å². The number of carbonyl (C=O) groups excluding carboxylic acids is 1. The first-order valence-electron chi connectivity index (χ1n) is 13.2. The van der Waals surface area contributed by atoms with E-state index in [-0.39, 0.29) is 11.9 Å². The molecule has 3 atom stereocenters. The van der Waals surface area contributed by atoms with Crippen LogP contribution in [-0.4, -0.2) is 57.8 Å². The molecule has 2 fully saturated rings. The number of piperazine rings is 1. The Morgan fingerprint density at radius 3 is 2.65 bits per heavy atom. The number of anilines is 1. The fourth-order valence-electron chi connectivity index (χ4n) is 5.93. The molecule has 0 spiro atoms. The third-order valence-electron chi connectivity index (χ3n) is 8.10. The number of likely N-dealkylation sites (tertiary alicyclic amines) is 1. The van der Waals surface area contributed by atoms with E-state index in [1.807, 2.05) is 49.0 Å². The van der Waals surface area contributed by atoms with E-state index in [4.69, 9.17) is 4.98 Å². The number of carbonyl (C=O) groups is 1. The summed E-state index contributed by atoms with van der Waals surface area (Å²) in [5, 5.41) is 8.97. The number of rotatable bonds is 6. The molecule has 0 radical (unpaired) electrons. The highest BCUT2D eigenvalue weighted by molar-refractivity contribution is 5.97. The zero-order valence-corrected chi connectivity index (χ0v) is 22.0. The number of benzene rings is 2. The van der Waals surface area contributed by atoms with Gasteiger partial charge in [0.15, 0.2) is 0 Å². The standard InChI is InChI=1S/C30H34N6O/c1-5-35-13-12-28(33-35)29-16-26(24-8-6-7-9-27(24)32-29)20(3)31-30(37)25-15-21(11-10-19(25)2)36-18-22-14-23(36)17-34(22)4/h6-13,15-16,20,22-23H,5,14,17-18H2,1-4H3,(H,31,37)/t20-,22-,23-/m1/s1. The van der Waals surface area contributed by atoms with E-state index in [0.29, 0.717) is 12.1 Å². The number of para-hydroxylation sites is 1. The zero-order chi connectivity index (χ0) is 25.7.